The minimum Gasteiger partial charge on any atom is -0.311 e. The molecule has 0 radical (unpaired) electrons. The Morgan fingerprint density at radius 1 is 1.19 bits per heavy atom. The number of aromatic nitrogens is 1. The molecule has 1 heterocycles. The molecule has 1 aromatic heterocycles. The van der Waals surface area contributed by atoms with Crippen LogP contribution in [0.3, 0.4) is 0 Å². The lowest BCUT2D eigenvalue weighted by atomic mass is 10.1. The topological polar surface area (TPSA) is 24.9 Å². The average Bonchev–Trinajstić information content (AvgIpc) is 3.14. The monoisotopic (exact) mass is 212 g/mol. The molecule has 1 aliphatic carbocycles. The second-order valence-corrected chi connectivity index (χ2v) is 4.53. The molecule has 3 rings (SSSR count). The fourth-order valence-electron chi connectivity index (χ4n) is 2.31. The van der Waals surface area contributed by atoms with Gasteiger partial charge in [-0.05, 0) is 37.9 Å². The molecule has 2 nitrogen and oxygen atoms in total. The van der Waals surface area contributed by atoms with Gasteiger partial charge in [-0.15, -0.1) is 0 Å². The van der Waals surface area contributed by atoms with Crippen LogP contribution in [0.15, 0.2) is 36.4 Å². The number of benzene rings is 1. The van der Waals surface area contributed by atoms with Crippen molar-refractivity contribution in [3.8, 4) is 0 Å². The molecule has 1 saturated carbocycles. The van der Waals surface area contributed by atoms with Crippen molar-refractivity contribution in [2.75, 3.05) is 7.05 Å². The fraction of sp³-hybridized carbons (Fsp3) is 0.357. The summed E-state index contributed by atoms with van der Waals surface area (Å²) in [6.07, 6.45) is 2.67. The zero-order chi connectivity index (χ0) is 11.0. The van der Waals surface area contributed by atoms with Gasteiger partial charge in [-0.1, -0.05) is 24.3 Å². The summed E-state index contributed by atoms with van der Waals surface area (Å²) in [7, 11) is 2.03. The highest BCUT2D eigenvalue weighted by molar-refractivity contribution is 5.78. The number of hydrogen-bond acceptors (Lipinski definition) is 2. The molecule has 0 spiro atoms. The van der Waals surface area contributed by atoms with Crippen LogP contribution in [0.1, 0.15) is 24.6 Å². The van der Waals surface area contributed by atoms with Crippen LogP contribution in [0.2, 0.25) is 0 Å². The molecule has 2 aromatic rings. The van der Waals surface area contributed by atoms with E-state index in [9.17, 15) is 0 Å². The largest absolute Gasteiger partial charge is 0.311 e. The van der Waals surface area contributed by atoms with Crippen LogP contribution >= 0.6 is 0 Å². The molecule has 1 unspecified atom stereocenters. The van der Waals surface area contributed by atoms with Crippen molar-refractivity contribution in [3.63, 3.8) is 0 Å². The maximum atomic E-state index is 4.75. The summed E-state index contributed by atoms with van der Waals surface area (Å²) in [6.45, 7) is 0. The molecule has 1 N–H and O–H groups in total. The molecule has 2 heteroatoms. The van der Waals surface area contributed by atoms with E-state index in [1.165, 1.54) is 23.9 Å². The number of pyridine rings is 1. The van der Waals surface area contributed by atoms with Gasteiger partial charge in [0.1, 0.15) is 0 Å². The van der Waals surface area contributed by atoms with Crippen molar-refractivity contribution < 1.29 is 0 Å². The predicted molar refractivity (Wildman–Crippen MR) is 66.3 cm³/mol. The molecule has 0 aliphatic heterocycles. The number of rotatable bonds is 3. The van der Waals surface area contributed by atoms with E-state index in [0.717, 1.165) is 11.4 Å². The van der Waals surface area contributed by atoms with Crippen LogP contribution in [-0.4, -0.2) is 12.0 Å². The van der Waals surface area contributed by atoms with Crippen molar-refractivity contribution >= 4 is 10.9 Å². The van der Waals surface area contributed by atoms with Crippen LogP contribution in [-0.2, 0) is 0 Å². The maximum Gasteiger partial charge on any atom is 0.0706 e. The Morgan fingerprint density at radius 2 is 2.00 bits per heavy atom. The molecule has 1 aromatic carbocycles. The van der Waals surface area contributed by atoms with E-state index in [1.54, 1.807) is 0 Å². The second-order valence-electron chi connectivity index (χ2n) is 4.53. The first-order valence-electron chi connectivity index (χ1n) is 5.91. The van der Waals surface area contributed by atoms with Crippen molar-refractivity contribution in [1.29, 1.82) is 0 Å². The van der Waals surface area contributed by atoms with Crippen LogP contribution in [0.25, 0.3) is 10.9 Å². The number of para-hydroxylation sites is 1. The van der Waals surface area contributed by atoms with Gasteiger partial charge in [0.25, 0.3) is 0 Å². The third-order valence-corrected chi connectivity index (χ3v) is 3.34. The summed E-state index contributed by atoms with van der Waals surface area (Å²) in [6, 6.07) is 13.1. The maximum absolute atomic E-state index is 4.75. The Morgan fingerprint density at radius 3 is 2.75 bits per heavy atom. The zero-order valence-electron chi connectivity index (χ0n) is 9.48. The van der Waals surface area contributed by atoms with Crippen molar-refractivity contribution in [3.05, 3.63) is 42.1 Å². The van der Waals surface area contributed by atoms with E-state index in [0.29, 0.717) is 6.04 Å². The molecular formula is C14H16N2. The van der Waals surface area contributed by atoms with Crippen LogP contribution in [0.5, 0.6) is 0 Å². The Hall–Kier alpha value is -1.41. The standard InChI is InChI=1S/C14H16N2/c1-15-14(11-6-7-11)13-9-8-10-4-2-3-5-12(10)16-13/h2-5,8-9,11,14-15H,6-7H2,1H3. The highest BCUT2D eigenvalue weighted by Gasteiger charge is 2.31. The fourth-order valence-corrected chi connectivity index (χ4v) is 2.31. The summed E-state index contributed by atoms with van der Waals surface area (Å²) < 4.78 is 0. The smallest absolute Gasteiger partial charge is 0.0706 e. The van der Waals surface area contributed by atoms with Crippen molar-refractivity contribution in [2.45, 2.75) is 18.9 Å². The lowest BCUT2D eigenvalue weighted by Gasteiger charge is -2.15. The molecule has 1 fully saturated rings. The Labute approximate surface area is 95.7 Å². The van der Waals surface area contributed by atoms with E-state index in [1.807, 2.05) is 13.1 Å². The summed E-state index contributed by atoms with van der Waals surface area (Å²) in [4.78, 5) is 4.75. The van der Waals surface area contributed by atoms with Gasteiger partial charge < -0.3 is 5.32 Å². The first-order chi connectivity index (χ1) is 7.88. The van der Waals surface area contributed by atoms with E-state index >= 15 is 0 Å². The highest BCUT2D eigenvalue weighted by atomic mass is 14.9. The molecule has 0 bridgehead atoms. The highest BCUT2D eigenvalue weighted by Crippen LogP contribution is 2.40. The molecule has 0 amide bonds. The van der Waals surface area contributed by atoms with Gasteiger partial charge in [0, 0.05) is 5.39 Å². The lowest BCUT2D eigenvalue weighted by molar-refractivity contribution is 0.517. The summed E-state index contributed by atoms with van der Waals surface area (Å²) in [5, 5.41) is 4.60. The van der Waals surface area contributed by atoms with Crippen LogP contribution < -0.4 is 5.32 Å². The molecule has 1 aliphatic rings. The van der Waals surface area contributed by atoms with Gasteiger partial charge in [-0.25, -0.2) is 0 Å². The van der Waals surface area contributed by atoms with Gasteiger partial charge in [0.2, 0.25) is 0 Å². The Kier molecular flexibility index (Phi) is 2.37. The number of nitrogens with one attached hydrogen (secondary N) is 1. The third kappa shape index (κ3) is 1.69. The minimum absolute atomic E-state index is 0.435. The van der Waals surface area contributed by atoms with Gasteiger partial charge >= 0.3 is 0 Å². The van der Waals surface area contributed by atoms with Crippen LogP contribution in [0.4, 0.5) is 0 Å². The number of nitrogens with zero attached hydrogens (tertiary/aromatic N) is 1. The lowest BCUT2D eigenvalue weighted by Crippen LogP contribution is -2.19. The minimum atomic E-state index is 0.435. The molecule has 16 heavy (non-hydrogen) atoms. The first-order valence-corrected chi connectivity index (χ1v) is 5.91. The molecular weight excluding hydrogens is 196 g/mol. The molecule has 0 saturated heterocycles. The third-order valence-electron chi connectivity index (χ3n) is 3.34. The van der Waals surface area contributed by atoms with Crippen molar-refractivity contribution in [2.24, 2.45) is 5.92 Å². The van der Waals surface area contributed by atoms with Crippen molar-refractivity contribution in [1.82, 2.24) is 10.3 Å². The van der Waals surface area contributed by atoms with E-state index in [-0.39, 0.29) is 0 Å². The average molecular weight is 212 g/mol. The van der Waals surface area contributed by atoms with E-state index in [4.69, 9.17) is 4.98 Å². The van der Waals surface area contributed by atoms with Gasteiger partial charge in [-0.3, -0.25) is 4.98 Å². The first kappa shape index (κ1) is 9.79. The quantitative estimate of drug-likeness (QED) is 0.846. The Balaban J connectivity index is 2.03. The summed E-state index contributed by atoms with van der Waals surface area (Å²) in [5.41, 5.74) is 2.28. The van der Waals surface area contributed by atoms with E-state index in [2.05, 4.69) is 35.6 Å². The van der Waals surface area contributed by atoms with E-state index < -0.39 is 0 Å². The summed E-state index contributed by atoms with van der Waals surface area (Å²) >= 11 is 0. The predicted octanol–water partition coefficient (Wildman–Crippen LogP) is 2.91. The number of fused-ring (bicyclic) bond motifs is 1. The normalized spacial score (nSPS) is 17.6. The SMILES string of the molecule is CNC(c1ccc2ccccc2n1)C1CC1. The van der Waals surface area contributed by atoms with Gasteiger partial charge in [-0.2, -0.15) is 0 Å². The van der Waals surface area contributed by atoms with Gasteiger partial charge in [0.05, 0.1) is 17.3 Å². The summed E-state index contributed by atoms with van der Waals surface area (Å²) in [5.74, 6) is 0.790. The van der Waals surface area contributed by atoms with Crippen LogP contribution in [0, 0.1) is 5.92 Å². The molecule has 82 valence electrons. The Bertz CT molecular complexity index is 503. The van der Waals surface area contributed by atoms with Gasteiger partial charge in [0.15, 0.2) is 0 Å². The zero-order valence-corrected chi connectivity index (χ0v) is 9.48. The number of hydrogen-bond donors (Lipinski definition) is 1. The second kappa shape index (κ2) is 3.87. The molecule has 1 atom stereocenters.